The molecule has 2 aliphatic heterocycles. The number of rotatable bonds is 6. The molecule has 0 unspecified atom stereocenters. The van der Waals surface area contributed by atoms with E-state index in [1.54, 1.807) is 18.5 Å². The van der Waals surface area contributed by atoms with Crippen molar-refractivity contribution in [2.75, 3.05) is 18.0 Å². The Kier molecular flexibility index (Phi) is 6.89. The third kappa shape index (κ3) is 4.90. The maximum absolute atomic E-state index is 14.3. The van der Waals surface area contributed by atoms with Gasteiger partial charge >= 0.3 is 6.18 Å². The van der Waals surface area contributed by atoms with Crippen molar-refractivity contribution in [1.29, 1.82) is 5.26 Å². The molecule has 0 radical (unpaired) electrons. The molecule has 3 aliphatic rings. The molecular weight excluding hydrogens is 529 g/mol. The second-order valence-electron chi connectivity index (χ2n) is 12.1. The fraction of sp³-hybridized carbons (Fsp3) is 0.484. The number of amides is 1. The minimum absolute atomic E-state index is 0.0319. The smallest absolute Gasteiger partial charge is 0.320 e. The number of aryl methyl sites for hydroxylation is 1. The molecule has 6 rings (SSSR count). The van der Waals surface area contributed by atoms with Crippen LogP contribution < -0.4 is 4.90 Å². The molecule has 41 heavy (non-hydrogen) atoms. The lowest BCUT2D eigenvalue weighted by Crippen LogP contribution is -2.44. The quantitative estimate of drug-likeness (QED) is 0.378. The number of carbonyl (C=O) groups is 1. The molecule has 2 fully saturated rings. The summed E-state index contributed by atoms with van der Waals surface area (Å²) in [6.45, 7) is 4.11. The van der Waals surface area contributed by atoms with E-state index in [4.69, 9.17) is 0 Å². The molecule has 1 saturated heterocycles. The van der Waals surface area contributed by atoms with Crippen molar-refractivity contribution < 1.29 is 18.0 Å². The van der Waals surface area contributed by atoms with Crippen LogP contribution >= 0.6 is 0 Å². The summed E-state index contributed by atoms with van der Waals surface area (Å²) in [7, 11) is 1.87. The molecule has 1 amide bonds. The van der Waals surface area contributed by atoms with Crippen molar-refractivity contribution in [3.8, 4) is 6.07 Å². The minimum Gasteiger partial charge on any atom is -0.320 e. The van der Waals surface area contributed by atoms with Gasteiger partial charge in [-0.05, 0) is 85.0 Å². The van der Waals surface area contributed by atoms with Crippen LogP contribution in [0.1, 0.15) is 77.5 Å². The van der Waals surface area contributed by atoms with Gasteiger partial charge in [0.25, 0.3) is 5.91 Å². The molecule has 3 heterocycles. The lowest BCUT2D eigenvalue weighted by molar-refractivity contribution is -0.138. The summed E-state index contributed by atoms with van der Waals surface area (Å²) in [6, 6.07) is 12.6. The third-order valence-corrected chi connectivity index (χ3v) is 9.06. The molecule has 1 aliphatic carbocycles. The summed E-state index contributed by atoms with van der Waals surface area (Å²) in [4.78, 5) is 17.4. The van der Waals surface area contributed by atoms with Crippen molar-refractivity contribution in [1.82, 2.24) is 19.7 Å². The normalized spacial score (nSPS) is 24.7. The zero-order chi connectivity index (χ0) is 28.9. The van der Waals surface area contributed by atoms with Crippen LogP contribution in [0, 0.1) is 23.2 Å². The Hall–Kier alpha value is -3.71. The molecule has 0 N–H and O–H groups in total. The number of piperidine rings is 1. The van der Waals surface area contributed by atoms with Crippen molar-refractivity contribution in [2.45, 2.75) is 63.7 Å². The van der Waals surface area contributed by atoms with E-state index < -0.39 is 23.1 Å². The number of halogens is 3. The van der Waals surface area contributed by atoms with Gasteiger partial charge in [0.15, 0.2) is 0 Å². The van der Waals surface area contributed by atoms with Crippen LogP contribution in [0.2, 0.25) is 0 Å². The second-order valence-corrected chi connectivity index (χ2v) is 12.1. The molecule has 10 heteroatoms. The Morgan fingerprint density at radius 3 is 2.68 bits per heavy atom. The highest BCUT2D eigenvalue weighted by Crippen LogP contribution is 2.53. The van der Waals surface area contributed by atoms with Crippen molar-refractivity contribution in [3.05, 3.63) is 76.4 Å². The van der Waals surface area contributed by atoms with Gasteiger partial charge in [-0.2, -0.15) is 18.4 Å². The topological polar surface area (TPSA) is 78.1 Å². The molecule has 2 aromatic carbocycles. The number of nitrogens with zero attached hydrogens (tertiary/aromatic N) is 6. The molecule has 1 aromatic heterocycles. The zero-order valence-electron chi connectivity index (χ0n) is 23.3. The summed E-state index contributed by atoms with van der Waals surface area (Å²) < 4.78 is 44.8. The Balaban J connectivity index is 1.34. The average Bonchev–Trinajstić information content (AvgIpc) is 3.48. The number of hydrogen-bond donors (Lipinski definition) is 0. The van der Waals surface area contributed by atoms with Gasteiger partial charge < -0.3 is 9.47 Å². The number of alkyl halides is 3. The number of aromatic nitrogens is 3. The molecule has 1 saturated carbocycles. The van der Waals surface area contributed by atoms with E-state index >= 15 is 0 Å². The summed E-state index contributed by atoms with van der Waals surface area (Å²) in [5.41, 5.74) is 0.946. The first kappa shape index (κ1) is 27.5. The van der Waals surface area contributed by atoms with Crippen LogP contribution in [0.4, 0.5) is 18.9 Å². The van der Waals surface area contributed by atoms with E-state index in [0.29, 0.717) is 43.0 Å². The lowest BCUT2D eigenvalue weighted by atomic mass is 9.57. The maximum Gasteiger partial charge on any atom is 0.416 e. The number of anilines is 1. The number of benzene rings is 2. The maximum atomic E-state index is 14.3. The first-order valence-electron chi connectivity index (χ1n) is 14.2. The van der Waals surface area contributed by atoms with Crippen LogP contribution in [-0.4, -0.2) is 38.7 Å². The number of likely N-dealkylation sites (tertiary alicyclic amines) is 1. The first-order chi connectivity index (χ1) is 19.6. The van der Waals surface area contributed by atoms with Gasteiger partial charge in [-0.15, -0.1) is 10.2 Å². The fourth-order valence-electron chi connectivity index (χ4n) is 7.14. The van der Waals surface area contributed by atoms with Crippen LogP contribution in [-0.2, 0) is 31.7 Å². The Morgan fingerprint density at radius 2 is 2.00 bits per heavy atom. The van der Waals surface area contributed by atoms with Gasteiger partial charge in [0.05, 0.1) is 23.6 Å². The summed E-state index contributed by atoms with van der Waals surface area (Å²) >= 11 is 0. The molecular formula is C31H33F3N6O. The van der Waals surface area contributed by atoms with Crippen LogP contribution in [0.5, 0.6) is 0 Å². The average molecular weight is 563 g/mol. The van der Waals surface area contributed by atoms with E-state index in [-0.39, 0.29) is 23.6 Å². The highest BCUT2D eigenvalue weighted by atomic mass is 19.4. The summed E-state index contributed by atoms with van der Waals surface area (Å²) in [5.74, 6) is 1.07. The minimum atomic E-state index is -4.57. The van der Waals surface area contributed by atoms with Gasteiger partial charge in [-0.25, -0.2) is 0 Å². The van der Waals surface area contributed by atoms with Gasteiger partial charge in [-0.1, -0.05) is 19.1 Å². The predicted molar refractivity (Wildman–Crippen MR) is 147 cm³/mol. The molecule has 0 spiro atoms. The number of fused-ring (bicyclic) bond motifs is 1. The monoisotopic (exact) mass is 562 g/mol. The van der Waals surface area contributed by atoms with E-state index in [1.807, 2.05) is 29.8 Å². The molecule has 3 aromatic rings. The third-order valence-electron chi connectivity index (χ3n) is 9.06. The fourth-order valence-corrected chi connectivity index (χ4v) is 7.14. The van der Waals surface area contributed by atoms with E-state index in [2.05, 4.69) is 28.1 Å². The molecule has 214 valence electrons. The summed E-state index contributed by atoms with van der Waals surface area (Å²) in [5, 5.41) is 17.7. The molecule has 1 atom stereocenters. The van der Waals surface area contributed by atoms with Gasteiger partial charge in [0.1, 0.15) is 12.2 Å². The van der Waals surface area contributed by atoms with Crippen molar-refractivity contribution in [2.24, 2.45) is 18.9 Å². The largest absolute Gasteiger partial charge is 0.416 e. The number of nitriles is 1. The lowest BCUT2D eigenvalue weighted by Gasteiger charge is -2.46. The van der Waals surface area contributed by atoms with Gasteiger partial charge in [0, 0.05) is 37.8 Å². The summed E-state index contributed by atoms with van der Waals surface area (Å²) in [6.07, 6.45) is 1.08. The van der Waals surface area contributed by atoms with Gasteiger partial charge in [-0.3, -0.25) is 9.69 Å². The molecule has 0 bridgehead atoms. The number of carbonyl (C=O) groups excluding carboxylic acids is 1. The first-order valence-corrected chi connectivity index (χ1v) is 14.2. The standard InChI is InChI=1S/C31H33F3N6O/c1-20-5-4-10-39(16-20)17-22-11-25-26(27(12-22)31(32,33)34)18-40(28(25)41)24-7-3-6-23(13-24)30(14-21(15-30)8-9-35)29-37-36-19-38(29)2/h3,6-7,11-13,19-21H,4-5,8,10,14-18H2,1-2H3/t20-,21?,30?/m1/s1. The molecule has 7 nitrogen and oxygen atoms in total. The van der Waals surface area contributed by atoms with E-state index in [1.165, 1.54) is 11.0 Å². The SMILES string of the molecule is C[C@@H]1CCCN(Cc2cc3c(c(C(F)(F)F)c2)CN(c2cccc(C4(c5nncn5C)CC(CC#N)C4)c2)C3=O)C1. The number of hydrogen-bond acceptors (Lipinski definition) is 5. The van der Waals surface area contributed by atoms with Gasteiger partial charge in [0.2, 0.25) is 0 Å². The van der Waals surface area contributed by atoms with Crippen molar-refractivity contribution >= 4 is 11.6 Å². The highest BCUT2D eigenvalue weighted by Gasteiger charge is 2.50. The highest BCUT2D eigenvalue weighted by molar-refractivity contribution is 6.10. The van der Waals surface area contributed by atoms with E-state index in [9.17, 15) is 23.2 Å². The van der Waals surface area contributed by atoms with Crippen LogP contribution in [0.25, 0.3) is 0 Å². The van der Waals surface area contributed by atoms with E-state index in [0.717, 1.165) is 37.3 Å². The Morgan fingerprint density at radius 1 is 1.20 bits per heavy atom. The van der Waals surface area contributed by atoms with Crippen LogP contribution in [0.15, 0.2) is 42.7 Å². The zero-order valence-corrected chi connectivity index (χ0v) is 23.3. The second kappa shape index (κ2) is 10.3. The Labute approximate surface area is 237 Å². The Bertz CT molecular complexity index is 1520. The predicted octanol–water partition coefficient (Wildman–Crippen LogP) is 5.84. The van der Waals surface area contributed by atoms with Crippen LogP contribution in [0.3, 0.4) is 0 Å². The van der Waals surface area contributed by atoms with Crippen molar-refractivity contribution in [3.63, 3.8) is 0 Å².